The Morgan fingerprint density at radius 1 is 1.04 bits per heavy atom. The summed E-state index contributed by atoms with van der Waals surface area (Å²) in [5, 5.41) is 0.901. The van der Waals surface area contributed by atoms with Crippen LogP contribution in [0.4, 0.5) is 4.39 Å². The Morgan fingerprint density at radius 3 is 2.54 bits per heavy atom. The molecule has 2 heterocycles. The van der Waals surface area contributed by atoms with Gasteiger partial charge in [0.15, 0.2) is 0 Å². The van der Waals surface area contributed by atoms with Gasteiger partial charge in [-0.3, -0.25) is 9.88 Å². The van der Waals surface area contributed by atoms with Crippen molar-refractivity contribution in [2.75, 3.05) is 26.2 Å². The highest BCUT2D eigenvalue weighted by atomic mass is 35.5. The summed E-state index contributed by atoms with van der Waals surface area (Å²) in [6.07, 6.45) is 1.60. The average Bonchev–Trinajstić information content (AvgIpc) is 2.71. The molecule has 0 radical (unpaired) electrons. The average molecular weight is 420 g/mol. The van der Waals surface area contributed by atoms with Crippen LogP contribution < -0.4 is 0 Å². The molecule has 1 aliphatic heterocycles. The third-order valence-corrected chi connectivity index (χ3v) is 7.15. The fourth-order valence-corrected chi connectivity index (χ4v) is 5.24. The van der Waals surface area contributed by atoms with E-state index in [9.17, 15) is 12.8 Å². The van der Waals surface area contributed by atoms with Crippen LogP contribution in [0.1, 0.15) is 5.56 Å². The molecule has 1 aliphatic rings. The van der Waals surface area contributed by atoms with Crippen LogP contribution in [0.25, 0.3) is 10.9 Å². The van der Waals surface area contributed by atoms with Crippen LogP contribution in [0.5, 0.6) is 0 Å². The predicted molar refractivity (Wildman–Crippen MR) is 107 cm³/mol. The van der Waals surface area contributed by atoms with Gasteiger partial charge in [0.1, 0.15) is 10.7 Å². The number of sulfonamides is 1. The molecule has 0 spiro atoms. The smallest absolute Gasteiger partial charge is 0.245 e. The van der Waals surface area contributed by atoms with E-state index in [4.69, 9.17) is 11.6 Å². The summed E-state index contributed by atoms with van der Waals surface area (Å²) in [4.78, 5) is 6.65. The van der Waals surface area contributed by atoms with Crippen molar-refractivity contribution in [3.63, 3.8) is 0 Å². The standard InChI is InChI=1S/C20H19ClFN3O2S/c21-17-13-15(6-7-18(17)22)14-24-9-11-25(12-10-24)28(26,27)19-5-1-3-16-4-2-8-23-20(16)19/h1-8,13H,9-12,14H2. The zero-order valence-corrected chi connectivity index (χ0v) is 16.6. The van der Waals surface area contributed by atoms with E-state index in [1.165, 1.54) is 10.4 Å². The van der Waals surface area contributed by atoms with Gasteiger partial charge in [0.2, 0.25) is 10.0 Å². The second kappa shape index (κ2) is 7.75. The molecule has 1 saturated heterocycles. The topological polar surface area (TPSA) is 53.5 Å². The van der Waals surface area contributed by atoms with E-state index in [2.05, 4.69) is 9.88 Å². The normalized spacial score (nSPS) is 16.5. The molecule has 0 aliphatic carbocycles. The molecule has 5 nitrogen and oxygen atoms in total. The molecule has 0 atom stereocenters. The summed E-state index contributed by atoms with van der Waals surface area (Å²) in [6.45, 7) is 2.56. The highest BCUT2D eigenvalue weighted by Gasteiger charge is 2.30. The van der Waals surface area contributed by atoms with Crippen molar-refractivity contribution in [1.29, 1.82) is 0 Å². The Labute approximate surface area is 168 Å². The number of fused-ring (bicyclic) bond motifs is 1. The molecule has 4 rings (SSSR count). The zero-order chi connectivity index (χ0) is 19.7. The van der Waals surface area contributed by atoms with Gasteiger partial charge in [-0.05, 0) is 29.8 Å². The van der Waals surface area contributed by atoms with Crippen molar-refractivity contribution in [2.24, 2.45) is 0 Å². The maximum absolute atomic E-state index is 13.3. The molecule has 0 amide bonds. The van der Waals surface area contributed by atoms with Gasteiger partial charge in [-0.1, -0.05) is 35.9 Å². The van der Waals surface area contributed by atoms with Gasteiger partial charge < -0.3 is 0 Å². The van der Waals surface area contributed by atoms with Gasteiger partial charge in [-0.25, -0.2) is 12.8 Å². The number of halogens is 2. The summed E-state index contributed by atoms with van der Waals surface area (Å²) in [7, 11) is -3.62. The Hall–Kier alpha value is -2.06. The lowest BCUT2D eigenvalue weighted by Gasteiger charge is -2.34. The molecular weight excluding hydrogens is 401 g/mol. The van der Waals surface area contributed by atoms with Crippen LogP contribution >= 0.6 is 11.6 Å². The number of para-hydroxylation sites is 1. The molecule has 0 bridgehead atoms. The second-order valence-corrected chi connectivity index (χ2v) is 9.07. The Kier molecular flexibility index (Phi) is 5.33. The predicted octanol–water partition coefficient (Wildman–Crippen LogP) is 3.53. The molecule has 3 aromatic rings. The van der Waals surface area contributed by atoms with Crippen molar-refractivity contribution >= 4 is 32.5 Å². The van der Waals surface area contributed by atoms with Crippen molar-refractivity contribution < 1.29 is 12.8 Å². The van der Waals surface area contributed by atoms with Crippen LogP contribution in [-0.4, -0.2) is 48.8 Å². The number of piperazine rings is 1. The number of hydrogen-bond donors (Lipinski definition) is 0. The third-order valence-electron chi connectivity index (χ3n) is 4.93. The highest BCUT2D eigenvalue weighted by molar-refractivity contribution is 7.89. The molecule has 146 valence electrons. The summed E-state index contributed by atoms with van der Waals surface area (Å²) in [5.74, 6) is -0.440. The first-order chi connectivity index (χ1) is 13.4. The lowest BCUT2D eigenvalue weighted by Crippen LogP contribution is -2.48. The monoisotopic (exact) mass is 419 g/mol. The molecule has 2 aromatic carbocycles. The van der Waals surface area contributed by atoms with Gasteiger partial charge in [0, 0.05) is 44.3 Å². The minimum Gasteiger partial charge on any atom is -0.296 e. The lowest BCUT2D eigenvalue weighted by atomic mass is 10.2. The molecule has 1 aromatic heterocycles. The van der Waals surface area contributed by atoms with Crippen molar-refractivity contribution in [2.45, 2.75) is 11.4 Å². The number of rotatable bonds is 4. The number of nitrogens with zero attached hydrogens (tertiary/aromatic N) is 3. The fraction of sp³-hybridized carbons (Fsp3) is 0.250. The van der Waals surface area contributed by atoms with E-state index < -0.39 is 15.8 Å². The van der Waals surface area contributed by atoms with Gasteiger partial charge in [-0.15, -0.1) is 0 Å². The third kappa shape index (κ3) is 3.75. The lowest BCUT2D eigenvalue weighted by molar-refractivity contribution is 0.181. The van der Waals surface area contributed by atoms with Crippen LogP contribution in [0, 0.1) is 5.82 Å². The summed E-state index contributed by atoms with van der Waals surface area (Å²) in [5.41, 5.74) is 1.40. The molecule has 0 unspecified atom stereocenters. The largest absolute Gasteiger partial charge is 0.296 e. The zero-order valence-electron chi connectivity index (χ0n) is 15.1. The van der Waals surface area contributed by atoms with E-state index in [1.54, 1.807) is 36.5 Å². The van der Waals surface area contributed by atoms with E-state index in [1.807, 2.05) is 12.1 Å². The van der Waals surface area contributed by atoms with Crippen molar-refractivity contribution in [3.8, 4) is 0 Å². The second-order valence-electron chi connectivity index (χ2n) is 6.76. The van der Waals surface area contributed by atoms with E-state index >= 15 is 0 Å². The van der Waals surface area contributed by atoms with Gasteiger partial charge >= 0.3 is 0 Å². The fourth-order valence-electron chi connectivity index (χ4n) is 3.45. The Balaban J connectivity index is 1.49. The maximum atomic E-state index is 13.3. The molecule has 8 heteroatoms. The molecular formula is C20H19ClFN3O2S. The molecule has 28 heavy (non-hydrogen) atoms. The van der Waals surface area contributed by atoms with Gasteiger partial charge in [-0.2, -0.15) is 4.31 Å². The summed E-state index contributed by atoms with van der Waals surface area (Å²) >= 11 is 5.84. The van der Waals surface area contributed by atoms with Crippen molar-refractivity contribution in [3.05, 3.63) is 71.1 Å². The molecule has 0 N–H and O–H groups in total. The molecule has 1 fully saturated rings. The number of aromatic nitrogens is 1. The Morgan fingerprint density at radius 2 is 1.79 bits per heavy atom. The molecule has 0 saturated carbocycles. The highest BCUT2D eigenvalue weighted by Crippen LogP contribution is 2.25. The minimum absolute atomic E-state index is 0.0992. The van der Waals surface area contributed by atoms with E-state index in [0.717, 1.165) is 10.9 Å². The van der Waals surface area contributed by atoms with Crippen LogP contribution in [-0.2, 0) is 16.6 Å². The van der Waals surface area contributed by atoms with Crippen molar-refractivity contribution in [1.82, 2.24) is 14.2 Å². The Bertz CT molecular complexity index is 1110. The first-order valence-corrected chi connectivity index (χ1v) is 10.8. The van der Waals surface area contributed by atoms with E-state index in [0.29, 0.717) is 38.2 Å². The quantitative estimate of drug-likeness (QED) is 0.649. The number of pyridine rings is 1. The van der Waals surface area contributed by atoms with Gasteiger partial charge in [0.25, 0.3) is 0 Å². The maximum Gasteiger partial charge on any atom is 0.245 e. The minimum atomic E-state index is -3.62. The van der Waals surface area contributed by atoms with E-state index in [-0.39, 0.29) is 9.92 Å². The SMILES string of the molecule is O=S(=O)(c1cccc2cccnc12)N1CCN(Cc2ccc(F)c(Cl)c2)CC1. The van der Waals surface area contributed by atoms with Crippen LogP contribution in [0.15, 0.2) is 59.6 Å². The number of hydrogen-bond acceptors (Lipinski definition) is 4. The van der Waals surface area contributed by atoms with Crippen LogP contribution in [0.2, 0.25) is 5.02 Å². The first kappa shape index (κ1) is 19.3. The summed E-state index contributed by atoms with van der Waals surface area (Å²) < 4.78 is 41.1. The summed E-state index contributed by atoms with van der Waals surface area (Å²) in [6, 6.07) is 13.5. The van der Waals surface area contributed by atoms with Gasteiger partial charge in [0.05, 0.1) is 10.5 Å². The number of benzene rings is 2. The van der Waals surface area contributed by atoms with Crippen LogP contribution in [0.3, 0.4) is 0 Å². The first-order valence-electron chi connectivity index (χ1n) is 8.95.